The number of aryl methyl sites for hydroxylation is 1. The Labute approximate surface area is 177 Å². The number of hydrogen-bond donors (Lipinski definition) is 2. The number of rotatable bonds is 6. The summed E-state index contributed by atoms with van der Waals surface area (Å²) < 4.78 is 12.5. The van der Waals surface area contributed by atoms with Crippen LogP contribution in [0.2, 0.25) is 5.02 Å². The maximum Gasteiger partial charge on any atom is 0.340 e. The summed E-state index contributed by atoms with van der Waals surface area (Å²) in [6.07, 6.45) is 4.91. The highest BCUT2D eigenvalue weighted by atomic mass is 35.5. The van der Waals surface area contributed by atoms with Gasteiger partial charge in [-0.3, -0.25) is 0 Å². The average Bonchev–Trinajstić information content (AvgIpc) is 3.45. The van der Waals surface area contributed by atoms with Gasteiger partial charge < -0.3 is 20.1 Å². The van der Waals surface area contributed by atoms with E-state index < -0.39 is 5.97 Å². The zero-order valence-corrected chi connectivity index (χ0v) is 17.2. The van der Waals surface area contributed by atoms with Gasteiger partial charge in [0.25, 0.3) is 0 Å². The van der Waals surface area contributed by atoms with E-state index in [9.17, 15) is 9.59 Å². The average molecular weight is 430 g/mol. The first-order valence-corrected chi connectivity index (χ1v) is 9.89. The Balaban J connectivity index is 1.57. The molecule has 0 spiro atoms. The number of carbonyl (C=O) groups excluding carboxylic acids is 2. The number of halogens is 1. The van der Waals surface area contributed by atoms with Gasteiger partial charge in [-0.15, -0.1) is 0 Å². The second-order valence-corrected chi connectivity index (χ2v) is 7.27. The molecule has 0 atom stereocenters. The van der Waals surface area contributed by atoms with E-state index in [1.54, 1.807) is 38.2 Å². The Kier molecular flexibility index (Phi) is 5.45. The number of carbonyl (C=O) groups is 2. The summed E-state index contributed by atoms with van der Waals surface area (Å²) in [5.41, 5.74) is 2.05. The van der Waals surface area contributed by atoms with Crippen molar-refractivity contribution in [2.45, 2.75) is 32.7 Å². The predicted molar refractivity (Wildman–Crippen MR) is 110 cm³/mol. The molecule has 1 aliphatic rings. The van der Waals surface area contributed by atoms with Crippen LogP contribution in [0.25, 0.3) is 5.52 Å². The molecule has 1 fully saturated rings. The summed E-state index contributed by atoms with van der Waals surface area (Å²) >= 11 is 6.30. The maximum absolute atomic E-state index is 12.2. The topological polar surface area (TPSA) is 107 Å². The summed E-state index contributed by atoms with van der Waals surface area (Å²) in [4.78, 5) is 28.3. The van der Waals surface area contributed by atoms with Crippen molar-refractivity contribution in [3.8, 4) is 11.6 Å². The van der Waals surface area contributed by atoms with Crippen molar-refractivity contribution in [2.24, 2.45) is 0 Å². The van der Waals surface area contributed by atoms with E-state index in [1.807, 2.05) is 0 Å². The molecule has 3 aromatic rings. The first-order chi connectivity index (χ1) is 14.5. The fourth-order valence-electron chi connectivity index (χ4n) is 2.96. The number of urea groups is 1. The van der Waals surface area contributed by atoms with Crippen molar-refractivity contribution in [2.75, 3.05) is 11.9 Å². The quantitative estimate of drug-likeness (QED) is 0.574. The molecule has 2 N–H and O–H groups in total. The van der Waals surface area contributed by atoms with Gasteiger partial charge in [-0.05, 0) is 44.4 Å². The number of nitrogens with one attached hydrogen (secondary N) is 2. The van der Waals surface area contributed by atoms with E-state index in [0.29, 0.717) is 33.1 Å². The molecule has 4 rings (SSSR count). The lowest BCUT2D eigenvalue weighted by molar-refractivity contribution is 0.0525. The van der Waals surface area contributed by atoms with Crippen LogP contribution in [0.15, 0.2) is 30.7 Å². The van der Waals surface area contributed by atoms with Gasteiger partial charge in [0.05, 0.1) is 22.9 Å². The Hall–Kier alpha value is -3.33. The monoisotopic (exact) mass is 429 g/mol. The van der Waals surface area contributed by atoms with E-state index in [0.717, 1.165) is 12.8 Å². The van der Waals surface area contributed by atoms with Crippen LogP contribution in [-0.2, 0) is 4.74 Å². The van der Waals surface area contributed by atoms with Gasteiger partial charge in [0.1, 0.15) is 17.6 Å². The number of esters is 1. The van der Waals surface area contributed by atoms with Crippen molar-refractivity contribution >= 4 is 34.8 Å². The van der Waals surface area contributed by atoms with Crippen molar-refractivity contribution in [1.29, 1.82) is 0 Å². The molecule has 30 heavy (non-hydrogen) atoms. The van der Waals surface area contributed by atoms with Gasteiger partial charge in [-0.25, -0.2) is 14.1 Å². The van der Waals surface area contributed by atoms with Crippen LogP contribution in [0.5, 0.6) is 11.6 Å². The van der Waals surface area contributed by atoms with Crippen LogP contribution in [0.3, 0.4) is 0 Å². The zero-order chi connectivity index (χ0) is 21.3. The Morgan fingerprint density at radius 2 is 2.13 bits per heavy atom. The molecule has 0 radical (unpaired) electrons. The van der Waals surface area contributed by atoms with E-state index >= 15 is 0 Å². The highest BCUT2D eigenvalue weighted by Gasteiger charge is 2.23. The number of anilines is 1. The second-order valence-electron chi connectivity index (χ2n) is 6.86. The highest BCUT2D eigenvalue weighted by Crippen LogP contribution is 2.32. The Morgan fingerprint density at radius 1 is 1.33 bits per heavy atom. The summed E-state index contributed by atoms with van der Waals surface area (Å²) in [6.45, 7) is 3.79. The molecule has 1 aromatic carbocycles. The number of aromatic nitrogens is 3. The van der Waals surface area contributed by atoms with E-state index in [2.05, 4.69) is 20.7 Å². The van der Waals surface area contributed by atoms with E-state index in [-0.39, 0.29) is 24.6 Å². The van der Waals surface area contributed by atoms with Gasteiger partial charge >= 0.3 is 12.0 Å². The number of nitrogens with zero attached hydrogens (tertiary/aromatic N) is 3. The lowest BCUT2D eigenvalue weighted by atomic mass is 10.2. The second kappa shape index (κ2) is 8.19. The Bertz CT molecular complexity index is 1130. The molecule has 0 saturated heterocycles. The van der Waals surface area contributed by atoms with Crippen molar-refractivity contribution in [1.82, 2.24) is 19.9 Å². The third-order valence-electron chi connectivity index (χ3n) is 4.60. The van der Waals surface area contributed by atoms with Gasteiger partial charge in [0.2, 0.25) is 5.88 Å². The molecule has 1 saturated carbocycles. The highest BCUT2D eigenvalue weighted by molar-refractivity contribution is 6.33. The fraction of sp³-hybridized carbons (Fsp3) is 0.300. The van der Waals surface area contributed by atoms with E-state index in [1.165, 1.54) is 10.8 Å². The summed E-state index contributed by atoms with van der Waals surface area (Å²) in [5, 5.41) is 10.0. The van der Waals surface area contributed by atoms with Crippen LogP contribution in [0.1, 0.15) is 35.7 Å². The molecular formula is C20H20ClN5O4. The molecule has 2 amide bonds. The standard InChI is InChI=1S/C20H20ClN5O4/c1-3-29-19(27)14-9-26-17(11(14)2)18(22-10-23-26)30-13-6-7-16(15(21)8-13)25-20(28)24-12-4-5-12/h6-10,12H,3-5H2,1-2H3,(H2,24,25,28). The summed E-state index contributed by atoms with van der Waals surface area (Å²) in [7, 11) is 0. The number of ether oxygens (including phenoxy) is 2. The number of amides is 2. The summed E-state index contributed by atoms with van der Waals surface area (Å²) in [5.74, 6) is 0.253. The van der Waals surface area contributed by atoms with Gasteiger partial charge in [0.15, 0.2) is 0 Å². The SMILES string of the molecule is CCOC(=O)c1cn2ncnc(Oc3ccc(NC(=O)NC4CC4)c(Cl)c3)c2c1C. The van der Waals surface area contributed by atoms with Crippen LogP contribution in [-0.4, -0.2) is 39.2 Å². The van der Waals surface area contributed by atoms with Crippen molar-refractivity contribution in [3.05, 3.63) is 46.9 Å². The zero-order valence-electron chi connectivity index (χ0n) is 16.4. The molecule has 0 bridgehead atoms. The minimum absolute atomic E-state index is 0.247. The molecule has 156 valence electrons. The van der Waals surface area contributed by atoms with Crippen LogP contribution in [0.4, 0.5) is 10.5 Å². The normalized spacial score (nSPS) is 13.2. The van der Waals surface area contributed by atoms with Crippen LogP contribution < -0.4 is 15.4 Å². The molecule has 1 aliphatic carbocycles. The third kappa shape index (κ3) is 4.16. The third-order valence-corrected chi connectivity index (χ3v) is 4.92. The van der Waals surface area contributed by atoms with Crippen LogP contribution in [0, 0.1) is 6.92 Å². The molecule has 2 aromatic heterocycles. The number of hydrogen-bond acceptors (Lipinski definition) is 6. The minimum Gasteiger partial charge on any atom is -0.462 e. The minimum atomic E-state index is -0.436. The first-order valence-electron chi connectivity index (χ1n) is 9.51. The lowest BCUT2D eigenvalue weighted by Crippen LogP contribution is -2.30. The summed E-state index contributed by atoms with van der Waals surface area (Å²) in [6, 6.07) is 4.86. The van der Waals surface area contributed by atoms with Crippen LogP contribution >= 0.6 is 11.6 Å². The smallest absolute Gasteiger partial charge is 0.340 e. The van der Waals surface area contributed by atoms with E-state index in [4.69, 9.17) is 21.1 Å². The maximum atomic E-state index is 12.2. The molecule has 0 aliphatic heterocycles. The van der Waals surface area contributed by atoms with Gasteiger partial charge in [-0.2, -0.15) is 10.1 Å². The lowest BCUT2D eigenvalue weighted by Gasteiger charge is -2.11. The molecule has 0 unspecified atom stereocenters. The fourth-order valence-corrected chi connectivity index (χ4v) is 3.18. The number of benzene rings is 1. The predicted octanol–water partition coefficient (Wildman–Crippen LogP) is 3.94. The van der Waals surface area contributed by atoms with Crippen molar-refractivity contribution in [3.63, 3.8) is 0 Å². The van der Waals surface area contributed by atoms with Gasteiger partial charge in [0, 0.05) is 18.3 Å². The first kappa shape index (κ1) is 20.0. The molecule has 2 heterocycles. The van der Waals surface area contributed by atoms with Gasteiger partial charge in [-0.1, -0.05) is 11.6 Å². The molecular weight excluding hydrogens is 410 g/mol. The molecule has 9 nitrogen and oxygen atoms in total. The van der Waals surface area contributed by atoms with Crippen molar-refractivity contribution < 1.29 is 19.1 Å². The molecule has 10 heteroatoms. The Morgan fingerprint density at radius 3 is 2.83 bits per heavy atom. The number of fused-ring (bicyclic) bond motifs is 1. The largest absolute Gasteiger partial charge is 0.462 e.